The van der Waals surface area contributed by atoms with Crippen LogP contribution in [0, 0.1) is 0 Å². The molecule has 1 aliphatic rings. The van der Waals surface area contributed by atoms with E-state index in [1.807, 2.05) is 0 Å². The van der Waals surface area contributed by atoms with Crippen molar-refractivity contribution in [2.75, 3.05) is 5.32 Å². The van der Waals surface area contributed by atoms with Gasteiger partial charge in [-0.05, 0) is 62.9 Å². The Hall–Kier alpha value is -1.13. The summed E-state index contributed by atoms with van der Waals surface area (Å²) in [5.74, 6) is -0.953. The van der Waals surface area contributed by atoms with Gasteiger partial charge in [0.05, 0.1) is 27.0 Å². The number of carbonyl (C=O) groups excluding carboxylic acids is 2. The standard InChI is InChI=1S/C20H20Br2N2O5.Na/c21-13-8-12(23-16(26)10-18(27)28)9-14(22)20(13)29-17-7-6-15(25)19(24-17)11-4-2-1-3-5-11;/h6-9,11,25H,1-5,10H2,(H,23,26)(H,27,28);/q;+1/p-1. The van der Waals surface area contributed by atoms with Crippen molar-refractivity contribution < 1.29 is 54.1 Å². The van der Waals surface area contributed by atoms with Crippen molar-refractivity contribution in [2.45, 2.75) is 44.4 Å². The largest absolute Gasteiger partial charge is 1.00 e. The molecule has 0 radical (unpaired) electrons. The number of aliphatic carboxylic acids is 1. The van der Waals surface area contributed by atoms with E-state index in [1.165, 1.54) is 6.42 Å². The Kier molecular flexibility index (Phi) is 9.62. The molecule has 1 aromatic carbocycles. The number of hydrogen-bond acceptors (Lipinski definition) is 6. The summed E-state index contributed by atoms with van der Waals surface area (Å²) >= 11 is 6.79. The molecule has 0 spiro atoms. The van der Waals surface area contributed by atoms with E-state index < -0.39 is 18.3 Å². The summed E-state index contributed by atoms with van der Waals surface area (Å²) < 4.78 is 6.98. The van der Waals surface area contributed by atoms with Crippen LogP contribution in [0.5, 0.6) is 17.4 Å². The zero-order chi connectivity index (χ0) is 21.0. The Morgan fingerprint density at radius 1 is 1.17 bits per heavy atom. The SMILES string of the molecule is O=C([O-])CC(=O)Nc1cc(Br)c(Oc2ccc(O)c(C3CCCCC3)n2)c(Br)c1.[Na+]. The van der Waals surface area contributed by atoms with Gasteiger partial charge < -0.3 is 25.1 Å². The average molecular weight is 550 g/mol. The quantitative estimate of drug-likeness (QED) is 0.414. The molecule has 0 bridgehead atoms. The molecular weight excluding hydrogens is 531 g/mol. The van der Waals surface area contributed by atoms with Crippen molar-refractivity contribution in [2.24, 2.45) is 0 Å². The van der Waals surface area contributed by atoms with Crippen LogP contribution in [0.15, 0.2) is 33.2 Å². The third kappa shape index (κ3) is 6.68. The summed E-state index contributed by atoms with van der Waals surface area (Å²) in [5.41, 5.74) is 1.05. The molecule has 0 atom stereocenters. The summed E-state index contributed by atoms with van der Waals surface area (Å²) in [4.78, 5) is 26.7. The molecule has 0 saturated heterocycles. The van der Waals surface area contributed by atoms with Gasteiger partial charge >= 0.3 is 29.6 Å². The first kappa shape index (κ1) is 25.1. The number of aromatic nitrogens is 1. The molecule has 1 aliphatic carbocycles. The number of carboxylic acids is 1. The number of carbonyl (C=O) groups is 2. The second-order valence-electron chi connectivity index (χ2n) is 6.86. The number of rotatable bonds is 6. The van der Waals surface area contributed by atoms with Crippen LogP contribution < -0.4 is 44.7 Å². The minimum atomic E-state index is -1.45. The van der Waals surface area contributed by atoms with Gasteiger partial charge in [0.1, 0.15) is 5.75 Å². The molecule has 1 saturated carbocycles. The number of amides is 1. The van der Waals surface area contributed by atoms with Crippen molar-refractivity contribution in [3.05, 3.63) is 38.9 Å². The second kappa shape index (κ2) is 11.5. The number of hydrogen-bond donors (Lipinski definition) is 2. The van der Waals surface area contributed by atoms with Gasteiger partial charge in [-0.3, -0.25) is 4.79 Å². The average Bonchev–Trinajstić information content (AvgIpc) is 2.66. The monoisotopic (exact) mass is 548 g/mol. The predicted molar refractivity (Wildman–Crippen MR) is 112 cm³/mol. The Balaban J connectivity index is 0.00000320. The van der Waals surface area contributed by atoms with Gasteiger partial charge in [-0.2, -0.15) is 0 Å². The zero-order valence-corrected chi connectivity index (χ0v) is 21.6. The summed E-state index contributed by atoms with van der Waals surface area (Å²) in [6, 6.07) is 6.37. The number of benzene rings is 1. The maximum absolute atomic E-state index is 11.6. The third-order valence-corrected chi connectivity index (χ3v) is 5.84. The Labute approximate surface area is 213 Å². The molecule has 7 nitrogen and oxygen atoms in total. The zero-order valence-electron chi connectivity index (χ0n) is 16.4. The van der Waals surface area contributed by atoms with Crippen LogP contribution >= 0.6 is 31.9 Å². The third-order valence-electron chi connectivity index (χ3n) is 4.66. The van der Waals surface area contributed by atoms with Crippen LogP contribution in [-0.4, -0.2) is 22.0 Å². The number of nitrogens with zero attached hydrogens (tertiary/aromatic N) is 1. The first-order valence-electron chi connectivity index (χ1n) is 9.20. The molecule has 30 heavy (non-hydrogen) atoms. The van der Waals surface area contributed by atoms with E-state index in [-0.39, 0.29) is 41.2 Å². The number of halogens is 2. The van der Waals surface area contributed by atoms with Crippen molar-refractivity contribution >= 4 is 49.4 Å². The minimum absolute atomic E-state index is 0. The molecule has 1 fully saturated rings. The number of anilines is 1. The summed E-state index contributed by atoms with van der Waals surface area (Å²) in [7, 11) is 0. The van der Waals surface area contributed by atoms with Crippen molar-refractivity contribution in [1.29, 1.82) is 0 Å². The van der Waals surface area contributed by atoms with Crippen LogP contribution in [0.4, 0.5) is 5.69 Å². The summed E-state index contributed by atoms with van der Waals surface area (Å²) in [5, 5.41) is 23.2. The molecule has 0 unspecified atom stereocenters. The normalized spacial score (nSPS) is 13.9. The molecule has 2 aromatic rings. The fourth-order valence-electron chi connectivity index (χ4n) is 3.35. The number of nitrogens with one attached hydrogen (secondary N) is 1. The Bertz CT molecular complexity index is 912. The van der Waals surface area contributed by atoms with E-state index in [1.54, 1.807) is 24.3 Å². The molecule has 0 aliphatic heterocycles. The maximum atomic E-state index is 11.6. The van der Waals surface area contributed by atoms with Gasteiger partial charge in [-0.1, -0.05) is 19.3 Å². The van der Waals surface area contributed by atoms with E-state index in [9.17, 15) is 19.8 Å². The fourth-order valence-corrected chi connectivity index (χ4v) is 4.70. The van der Waals surface area contributed by atoms with E-state index in [0.717, 1.165) is 25.7 Å². The van der Waals surface area contributed by atoms with Gasteiger partial charge in [-0.25, -0.2) is 4.98 Å². The van der Waals surface area contributed by atoms with Crippen LogP contribution in [0.3, 0.4) is 0 Å². The predicted octanol–water partition coefficient (Wildman–Crippen LogP) is 1.23. The topological polar surface area (TPSA) is 112 Å². The van der Waals surface area contributed by atoms with Crippen LogP contribution in [0.1, 0.15) is 50.1 Å². The second-order valence-corrected chi connectivity index (χ2v) is 8.57. The van der Waals surface area contributed by atoms with Crippen LogP contribution in [-0.2, 0) is 9.59 Å². The fraction of sp³-hybridized carbons (Fsp3) is 0.350. The molecule has 10 heteroatoms. The van der Waals surface area contributed by atoms with E-state index >= 15 is 0 Å². The number of carboxylic acid groups (broad SMARTS) is 1. The Morgan fingerprint density at radius 3 is 2.40 bits per heavy atom. The smallest absolute Gasteiger partial charge is 0.550 e. The van der Waals surface area contributed by atoms with Gasteiger partial charge in [0.25, 0.3) is 0 Å². The van der Waals surface area contributed by atoms with Crippen molar-refractivity contribution in [1.82, 2.24) is 4.98 Å². The molecule has 154 valence electrons. The molecule has 3 rings (SSSR count). The summed E-state index contributed by atoms with van der Waals surface area (Å²) in [6.07, 6.45) is 4.72. The maximum Gasteiger partial charge on any atom is 1.00 e. The van der Waals surface area contributed by atoms with E-state index in [4.69, 9.17) is 4.74 Å². The van der Waals surface area contributed by atoms with Gasteiger partial charge in [-0.15, -0.1) is 0 Å². The first-order chi connectivity index (χ1) is 13.8. The number of ether oxygens (including phenoxy) is 1. The van der Waals surface area contributed by atoms with Crippen LogP contribution in [0.2, 0.25) is 0 Å². The van der Waals surface area contributed by atoms with Crippen molar-refractivity contribution in [3.63, 3.8) is 0 Å². The molecular formula is C20H19Br2N2NaO5. The van der Waals surface area contributed by atoms with Gasteiger partial charge in [0, 0.05) is 17.7 Å². The van der Waals surface area contributed by atoms with E-state index in [0.29, 0.717) is 32.0 Å². The number of pyridine rings is 1. The molecule has 1 amide bonds. The number of aromatic hydroxyl groups is 1. The van der Waals surface area contributed by atoms with Crippen molar-refractivity contribution in [3.8, 4) is 17.4 Å². The summed E-state index contributed by atoms with van der Waals surface area (Å²) in [6.45, 7) is 0. The van der Waals surface area contributed by atoms with Gasteiger partial charge in [0.15, 0.2) is 5.75 Å². The first-order valence-corrected chi connectivity index (χ1v) is 10.8. The van der Waals surface area contributed by atoms with E-state index in [2.05, 4.69) is 42.2 Å². The molecule has 1 aromatic heterocycles. The van der Waals surface area contributed by atoms with Gasteiger partial charge in [0.2, 0.25) is 11.8 Å². The van der Waals surface area contributed by atoms with Crippen LogP contribution in [0.25, 0.3) is 0 Å². The minimum Gasteiger partial charge on any atom is -0.550 e. The molecule has 1 heterocycles. The molecule has 2 N–H and O–H groups in total. The Morgan fingerprint density at radius 2 is 1.80 bits per heavy atom.